The lowest BCUT2D eigenvalue weighted by Crippen LogP contribution is -2.32. The maximum Gasteiger partial charge on any atom is 0.226 e. The number of piperidine rings is 1. The standard InChI is InChI=1S/C30H31ClFN3O/c1-20(2)30(36)33-25-7-5-6-22(16-25)21-12-14-34(15-13-21)18-23-19-35(28-9-4-3-8-27(28)32)29-17-24(31)10-11-26(23)29/h3-11,16-17,19-21H,12-15,18H2,1-2H3,(H,33,36). The van der Waals surface area contributed by atoms with Gasteiger partial charge in [0, 0.05) is 34.8 Å². The van der Waals surface area contributed by atoms with Crippen molar-refractivity contribution in [2.24, 2.45) is 5.92 Å². The number of amides is 1. The summed E-state index contributed by atoms with van der Waals surface area (Å²) in [5, 5.41) is 4.75. The lowest BCUT2D eigenvalue weighted by molar-refractivity contribution is -0.118. The van der Waals surface area contributed by atoms with E-state index < -0.39 is 0 Å². The summed E-state index contributed by atoms with van der Waals surface area (Å²) in [6, 6.07) is 20.9. The largest absolute Gasteiger partial charge is 0.326 e. The van der Waals surface area contributed by atoms with Crippen LogP contribution in [0.15, 0.2) is 72.9 Å². The zero-order chi connectivity index (χ0) is 25.2. The van der Waals surface area contributed by atoms with E-state index in [2.05, 4.69) is 22.3 Å². The molecule has 0 saturated carbocycles. The number of fused-ring (bicyclic) bond motifs is 1. The van der Waals surface area contributed by atoms with Crippen LogP contribution < -0.4 is 5.32 Å². The molecule has 4 aromatic rings. The van der Waals surface area contributed by atoms with E-state index in [0.29, 0.717) is 16.6 Å². The molecule has 1 amide bonds. The Morgan fingerprint density at radius 3 is 2.58 bits per heavy atom. The van der Waals surface area contributed by atoms with Crippen LogP contribution in [0.2, 0.25) is 5.02 Å². The summed E-state index contributed by atoms with van der Waals surface area (Å²) in [5.41, 5.74) is 4.76. The van der Waals surface area contributed by atoms with Crippen molar-refractivity contribution in [3.8, 4) is 5.69 Å². The highest BCUT2D eigenvalue weighted by Gasteiger charge is 2.23. The third kappa shape index (κ3) is 5.18. The van der Waals surface area contributed by atoms with Gasteiger partial charge in [-0.15, -0.1) is 0 Å². The van der Waals surface area contributed by atoms with Crippen molar-refractivity contribution in [1.29, 1.82) is 0 Å². The molecule has 2 heterocycles. The summed E-state index contributed by atoms with van der Waals surface area (Å²) in [5.74, 6) is 0.208. The first kappa shape index (κ1) is 24.5. The Kier molecular flexibility index (Phi) is 7.13. The topological polar surface area (TPSA) is 37.3 Å². The number of hydrogen-bond acceptors (Lipinski definition) is 2. The zero-order valence-corrected chi connectivity index (χ0v) is 21.4. The van der Waals surface area contributed by atoms with Gasteiger partial charge in [-0.05, 0) is 79.4 Å². The van der Waals surface area contributed by atoms with Crippen LogP contribution in [0.5, 0.6) is 0 Å². The predicted octanol–water partition coefficient (Wildman–Crippen LogP) is 7.40. The molecule has 0 bridgehead atoms. The van der Waals surface area contributed by atoms with Gasteiger partial charge in [-0.1, -0.05) is 55.8 Å². The molecule has 0 radical (unpaired) electrons. The van der Waals surface area contributed by atoms with Gasteiger partial charge < -0.3 is 9.88 Å². The Bertz CT molecular complexity index is 1390. The number of carbonyl (C=O) groups is 1. The molecule has 36 heavy (non-hydrogen) atoms. The number of nitrogens with one attached hydrogen (secondary N) is 1. The molecular weight excluding hydrogens is 473 g/mol. The van der Waals surface area contributed by atoms with Gasteiger partial charge in [0.15, 0.2) is 0 Å². The number of benzene rings is 3. The highest BCUT2D eigenvalue weighted by atomic mass is 35.5. The molecule has 4 nitrogen and oxygen atoms in total. The van der Waals surface area contributed by atoms with Crippen molar-refractivity contribution >= 4 is 34.1 Å². The number of nitrogens with zero attached hydrogens (tertiary/aromatic N) is 2. The third-order valence-corrected chi connectivity index (χ3v) is 7.33. The number of rotatable bonds is 6. The minimum absolute atomic E-state index is 0.0396. The van der Waals surface area contributed by atoms with E-state index in [4.69, 9.17) is 11.6 Å². The third-order valence-electron chi connectivity index (χ3n) is 7.09. The van der Waals surface area contributed by atoms with E-state index in [1.807, 2.05) is 61.0 Å². The molecular formula is C30H31ClFN3O. The van der Waals surface area contributed by atoms with E-state index in [9.17, 15) is 9.18 Å². The summed E-state index contributed by atoms with van der Waals surface area (Å²) >= 11 is 6.31. The minimum Gasteiger partial charge on any atom is -0.326 e. The Morgan fingerprint density at radius 1 is 1.06 bits per heavy atom. The first-order chi connectivity index (χ1) is 17.4. The fourth-order valence-corrected chi connectivity index (χ4v) is 5.23. The van der Waals surface area contributed by atoms with Crippen LogP contribution in [0, 0.1) is 11.7 Å². The molecule has 6 heteroatoms. The molecule has 3 aromatic carbocycles. The number of anilines is 1. The summed E-state index contributed by atoms with van der Waals surface area (Å²) < 4.78 is 16.5. The molecule has 1 aromatic heterocycles. The van der Waals surface area contributed by atoms with Crippen LogP contribution in [-0.2, 0) is 11.3 Å². The van der Waals surface area contributed by atoms with Crippen LogP contribution >= 0.6 is 11.6 Å². The van der Waals surface area contributed by atoms with Crippen molar-refractivity contribution in [3.63, 3.8) is 0 Å². The highest BCUT2D eigenvalue weighted by molar-refractivity contribution is 6.31. The van der Waals surface area contributed by atoms with Crippen LogP contribution in [0.4, 0.5) is 10.1 Å². The fraction of sp³-hybridized carbons (Fsp3) is 0.300. The summed E-state index contributed by atoms with van der Waals surface area (Å²) in [6.45, 7) is 6.56. The summed E-state index contributed by atoms with van der Waals surface area (Å²) in [6.07, 6.45) is 4.16. The molecule has 5 rings (SSSR count). The Balaban J connectivity index is 1.31. The van der Waals surface area contributed by atoms with Crippen molar-refractivity contribution < 1.29 is 9.18 Å². The number of para-hydroxylation sites is 1. The van der Waals surface area contributed by atoms with Gasteiger partial charge in [-0.25, -0.2) is 4.39 Å². The molecule has 1 N–H and O–H groups in total. The lowest BCUT2D eigenvalue weighted by atomic mass is 9.89. The van der Waals surface area contributed by atoms with E-state index in [0.717, 1.165) is 49.1 Å². The minimum atomic E-state index is -0.256. The van der Waals surface area contributed by atoms with Crippen LogP contribution in [0.1, 0.15) is 43.7 Å². The quantitative estimate of drug-likeness (QED) is 0.297. The molecule has 0 aliphatic carbocycles. The SMILES string of the molecule is CC(C)C(=O)Nc1cccc(C2CCN(Cc3cn(-c4ccccc4F)c4cc(Cl)ccc34)CC2)c1. The van der Waals surface area contributed by atoms with Crippen LogP contribution in [0.25, 0.3) is 16.6 Å². The second-order valence-electron chi connectivity index (χ2n) is 9.96. The first-order valence-corrected chi connectivity index (χ1v) is 12.9. The second-order valence-corrected chi connectivity index (χ2v) is 10.4. The average molecular weight is 504 g/mol. The maximum atomic E-state index is 14.6. The van der Waals surface area contributed by atoms with Crippen LogP contribution in [-0.4, -0.2) is 28.5 Å². The molecule has 186 valence electrons. The van der Waals surface area contributed by atoms with E-state index in [1.165, 1.54) is 17.2 Å². The fourth-order valence-electron chi connectivity index (χ4n) is 5.07. The predicted molar refractivity (Wildman–Crippen MR) is 145 cm³/mol. The van der Waals surface area contributed by atoms with E-state index in [1.54, 1.807) is 12.1 Å². The van der Waals surface area contributed by atoms with Gasteiger partial charge in [-0.2, -0.15) is 0 Å². The molecule has 1 fully saturated rings. The highest BCUT2D eigenvalue weighted by Crippen LogP contribution is 2.33. The molecule has 0 unspecified atom stereocenters. The Labute approximate surface area is 216 Å². The van der Waals surface area contributed by atoms with Crippen LogP contribution in [0.3, 0.4) is 0 Å². The van der Waals surface area contributed by atoms with Gasteiger partial charge in [-0.3, -0.25) is 9.69 Å². The molecule has 0 atom stereocenters. The maximum absolute atomic E-state index is 14.6. The van der Waals surface area contributed by atoms with Crippen molar-refractivity contribution in [1.82, 2.24) is 9.47 Å². The van der Waals surface area contributed by atoms with Crippen molar-refractivity contribution in [2.75, 3.05) is 18.4 Å². The summed E-state index contributed by atoms with van der Waals surface area (Å²) in [7, 11) is 0. The number of hydrogen-bond donors (Lipinski definition) is 1. The average Bonchev–Trinajstić information content (AvgIpc) is 3.21. The van der Waals surface area contributed by atoms with Gasteiger partial charge in [0.25, 0.3) is 0 Å². The molecule has 1 aliphatic rings. The second kappa shape index (κ2) is 10.5. The summed E-state index contributed by atoms with van der Waals surface area (Å²) in [4.78, 5) is 14.6. The zero-order valence-electron chi connectivity index (χ0n) is 20.7. The van der Waals surface area contributed by atoms with Gasteiger partial charge in [0.1, 0.15) is 5.82 Å². The monoisotopic (exact) mass is 503 g/mol. The molecule has 1 saturated heterocycles. The Hall–Kier alpha value is -3.15. The Morgan fingerprint density at radius 2 is 1.83 bits per heavy atom. The number of likely N-dealkylation sites (tertiary alicyclic amines) is 1. The lowest BCUT2D eigenvalue weighted by Gasteiger charge is -2.32. The number of halogens is 2. The molecule has 1 aliphatic heterocycles. The smallest absolute Gasteiger partial charge is 0.226 e. The van der Waals surface area contributed by atoms with Crippen molar-refractivity contribution in [2.45, 2.75) is 39.2 Å². The van der Waals surface area contributed by atoms with Gasteiger partial charge in [0.05, 0.1) is 11.2 Å². The normalized spacial score (nSPS) is 15.0. The first-order valence-electron chi connectivity index (χ1n) is 12.6. The molecule has 0 spiro atoms. The van der Waals surface area contributed by atoms with Crippen molar-refractivity contribution in [3.05, 3.63) is 94.9 Å². The number of aromatic nitrogens is 1. The number of carbonyl (C=O) groups excluding carboxylic acids is 1. The van der Waals surface area contributed by atoms with Gasteiger partial charge in [0.2, 0.25) is 5.91 Å². The van der Waals surface area contributed by atoms with E-state index in [-0.39, 0.29) is 17.6 Å². The van der Waals surface area contributed by atoms with Gasteiger partial charge >= 0.3 is 0 Å². The van der Waals surface area contributed by atoms with E-state index >= 15 is 0 Å².